The van der Waals surface area contributed by atoms with Crippen molar-refractivity contribution < 1.29 is 21.6 Å². The molecule has 0 atom stereocenters. The Morgan fingerprint density at radius 1 is 0.923 bits per heavy atom. The highest BCUT2D eigenvalue weighted by Crippen LogP contribution is 2.23. The number of benzene rings is 2. The maximum Gasteiger partial charge on any atom is 0.246 e. The zero-order chi connectivity index (χ0) is 18.9. The molecule has 0 spiro atoms. The van der Waals surface area contributed by atoms with E-state index in [9.17, 15) is 21.6 Å². The summed E-state index contributed by atoms with van der Waals surface area (Å²) in [6.07, 6.45) is 0. The number of hydrogen-bond acceptors (Lipinski definition) is 3. The van der Waals surface area contributed by atoms with Crippen molar-refractivity contribution in [2.24, 2.45) is 0 Å². The van der Waals surface area contributed by atoms with E-state index >= 15 is 0 Å². The first-order valence-electron chi connectivity index (χ1n) is 7.89. The van der Waals surface area contributed by atoms with Gasteiger partial charge in [0.25, 0.3) is 0 Å². The molecule has 0 saturated carbocycles. The van der Waals surface area contributed by atoms with Crippen LogP contribution < -0.4 is 0 Å². The minimum absolute atomic E-state index is 0.136. The first kappa shape index (κ1) is 19.2. The van der Waals surface area contributed by atoms with Crippen molar-refractivity contribution >= 4 is 21.6 Å². The maximum atomic E-state index is 13.8. The van der Waals surface area contributed by atoms with Gasteiger partial charge in [0.15, 0.2) is 0 Å². The number of rotatable bonds is 4. The molecule has 1 aliphatic heterocycles. The van der Waals surface area contributed by atoms with Crippen LogP contribution in [0.5, 0.6) is 0 Å². The summed E-state index contributed by atoms with van der Waals surface area (Å²) >= 11 is 6.01. The minimum Gasteiger partial charge on any atom is -0.296 e. The smallest absolute Gasteiger partial charge is 0.246 e. The third-order valence-electron chi connectivity index (χ3n) is 4.25. The molecule has 4 nitrogen and oxygen atoms in total. The van der Waals surface area contributed by atoms with E-state index in [0.717, 1.165) is 22.0 Å². The van der Waals surface area contributed by atoms with Crippen LogP contribution in [0.3, 0.4) is 0 Å². The van der Waals surface area contributed by atoms with Gasteiger partial charge in [0.1, 0.15) is 22.3 Å². The van der Waals surface area contributed by atoms with Gasteiger partial charge in [0, 0.05) is 37.7 Å². The van der Waals surface area contributed by atoms with Crippen molar-refractivity contribution in [3.8, 4) is 0 Å². The second-order valence-electron chi connectivity index (χ2n) is 5.99. The molecule has 0 bridgehead atoms. The third kappa shape index (κ3) is 4.03. The lowest BCUT2D eigenvalue weighted by atomic mass is 10.2. The highest BCUT2D eigenvalue weighted by molar-refractivity contribution is 7.89. The summed E-state index contributed by atoms with van der Waals surface area (Å²) in [6, 6.07) is 6.49. The van der Waals surface area contributed by atoms with Crippen LogP contribution in [0.2, 0.25) is 5.02 Å². The van der Waals surface area contributed by atoms with E-state index in [1.807, 2.05) is 4.90 Å². The molecule has 9 heteroatoms. The molecule has 1 heterocycles. The van der Waals surface area contributed by atoms with E-state index in [-0.39, 0.29) is 13.1 Å². The summed E-state index contributed by atoms with van der Waals surface area (Å²) in [6.45, 7) is 1.50. The molecule has 1 saturated heterocycles. The Bertz CT molecular complexity index is 916. The van der Waals surface area contributed by atoms with Crippen molar-refractivity contribution in [3.05, 3.63) is 64.4 Å². The average molecular weight is 405 g/mol. The predicted octanol–water partition coefficient (Wildman–Crippen LogP) is 3.26. The Kier molecular flexibility index (Phi) is 5.57. The zero-order valence-corrected chi connectivity index (χ0v) is 15.2. The number of sulfonamides is 1. The molecule has 0 aromatic heterocycles. The second-order valence-corrected chi connectivity index (χ2v) is 8.30. The van der Waals surface area contributed by atoms with E-state index in [1.54, 1.807) is 6.07 Å². The van der Waals surface area contributed by atoms with Crippen LogP contribution in [0.1, 0.15) is 5.56 Å². The first-order valence-corrected chi connectivity index (χ1v) is 9.70. The Hall–Kier alpha value is -1.61. The summed E-state index contributed by atoms with van der Waals surface area (Å²) in [5.41, 5.74) is 0.737. The van der Waals surface area contributed by atoms with Crippen LogP contribution in [0.25, 0.3) is 0 Å². The Morgan fingerprint density at radius 3 is 2.19 bits per heavy atom. The topological polar surface area (TPSA) is 40.6 Å². The molecule has 0 amide bonds. The monoisotopic (exact) mass is 404 g/mol. The number of halogens is 4. The van der Waals surface area contributed by atoms with Crippen molar-refractivity contribution in [2.75, 3.05) is 26.2 Å². The molecule has 0 N–H and O–H groups in total. The minimum atomic E-state index is -4.11. The van der Waals surface area contributed by atoms with Gasteiger partial charge < -0.3 is 0 Å². The van der Waals surface area contributed by atoms with Crippen molar-refractivity contribution in [3.63, 3.8) is 0 Å². The van der Waals surface area contributed by atoms with E-state index in [1.165, 1.54) is 12.1 Å². The van der Waals surface area contributed by atoms with E-state index in [2.05, 4.69) is 0 Å². The summed E-state index contributed by atoms with van der Waals surface area (Å²) in [7, 11) is -4.11. The van der Waals surface area contributed by atoms with Crippen LogP contribution >= 0.6 is 11.6 Å². The summed E-state index contributed by atoms with van der Waals surface area (Å²) in [5.74, 6) is -2.21. The molecule has 0 aliphatic carbocycles. The van der Waals surface area contributed by atoms with Gasteiger partial charge in [-0.05, 0) is 35.9 Å². The highest BCUT2D eigenvalue weighted by atomic mass is 35.5. The summed E-state index contributed by atoms with van der Waals surface area (Å²) in [4.78, 5) is 1.31. The lowest BCUT2D eigenvalue weighted by molar-refractivity contribution is 0.181. The van der Waals surface area contributed by atoms with Crippen molar-refractivity contribution in [1.29, 1.82) is 0 Å². The SMILES string of the molecule is O=S(=O)(c1cc(F)ccc1F)N1CCN(Cc2ccc(F)cc2Cl)CC1. The van der Waals surface area contributed by atoms with E-state index in [4.69, 9.17) is 11.6 Å². The molecule has 2 aromatic carbocycles. The molecule has 3 rings (SSSR count). The fraction of sp³-hybridized carbons (Fsp3) is 0.294. The largest absolute Gasteiger partial charge is 0.296 e. The summed E-state index contributed by atoms with van der Waals surface area (Å²) < 4.78 is 66.5. The quantitative estimate of drug-likeness (QED) is 0.785. The van der Waals surface area contributed by atoms with Crippen molar-refractivity contribution in [1.82, 2.24) is 9.21 Å². The van der Waals surface area contributed by atoms with E-state index in [0.29, 0.717) is 30.7 Å². The Labute approximate surface area is 154 Å². The lowest BCUT2D eigenvalue weighted by Gasteiger charge is -2.34. The third-order valence-corrected chi connectivity index (χ3v) is 6.52. The molecule has 0 unspecified atom stereocenters. The Balaban J connectivity index is 1.69. The fourth-order valence-electron chi connectivity index (χ4n) is 2.83. The second kappa shape index (κ2) is 7.56. The van der Waals surface area contributed by atoms with Gasteiger partial charge in [0.2, 0.25) is 10.0 Å². The molecule has 2 aromatic rings. The molecular weight excluding hydrogens is 389 g/mol. The molecule has 1 fully saturated rings. The van der Waals surface area contributed by atoms with Crippen molar-refractivity contribution in [2.45, 2.75) is 11.4 Å². The number of hydrogen-bond donors (Lipinski definition) is 0. The summed E-state index contributed by atoms with van der Waals surface area (Å²) in [5, 5.41) is 0.307. The van der Waals surface area contributed by atoms with Gasteiger partial charge in [-0.3, -0.25) is 4.90 Å². The van der Waals surface area contributed by atoms with Crippen LogP contribution in [0.15, 0.2) is 41.3 Å². The molecule has 26 heavy (non-hydrogen) atoms. The van der Waals surface area contributed by atoms with Crippen LogP contribution in [-0.4, -0.2) is 43.8 Å². The molecular formula is C17H16ClF3N2O2S. The van der Waals surface area contributed by atoms with Gasteiger partial charge in [-0.25, -0.2) is 21.6 Å². The van der Waals surface area contributed by atoms with Gasteiger partial charge in [-0.15, -0.1) is 0 Å². The molecule has 1 aliphatic rings. The number of nitrogens with zero attached hydrogens (tertiary/aromatic N) is 2. The molecule has 140 valence electrons. The van der Waals surface area contributed by atoms with Crippen LogP contribution in [0, 0.1) is 17.5 Å². The molecule has 0 radical (unpaired) electrons. The maximum absolute atomic E-state index is 13.8. The van der Waals surface area contributed by atoms with Gasteiger partial charge in [0.05, 0.1) is 0 Å². The normalized spacial score (nSPS) is 16.8. The standard InChI is InChI=1S/C17H16ClF3N2O2S/c18-15-9-13(19)2-1-12(15)11-22-5-7-23(8-6-22)26(24,25)17-10-14(20)3-4-16(17)21/h1-4,9-10H,5-8,11H2. The van der Waals surface area contributed by atoms with Gasteiger partial charge >= 0.3 is 0 Å². The zero-order valence-electron chi connectivity index (χ0n) is 13.6. The van der Waals surface area contributed by atoms with Crippen LogP contribution in [-0.2, 0) is 16.6 Å². The number of piperazine rings is 1. The Morgan fingerprint density at radius 2 is 1.54 bits per heavy atom. The average Bonchev–Trinajstić information content (AvgIpc) is 2.60. The van der Waals surface area contributed by atoms with Crippen LogP contribution in [0.4, 0.5) is 13.2 Å². The highest BCUT2D eigenvalue weighted by Gasteiger charge is 2.31. The lowest BCUT2D eigenvalue weighted by Crippen LogP contribution is -2.48. The predicted molar refractivity (Wildman–Crippen MR) is 91.8 cm³/mol. The fourth-order valence-corrected chi connectivity index (χ4v) is 4.56. The van der Waals surface area contributed by atoms with Gasteiger partial charge in [-0.2, -0.15) is 4.31 Å². The van der Waals surface area contributed by atoms with Gasteiger partial charge in [-0.1, -0.05) is 17.7 Å². The van der Waals surface area contributed by atoms with E-state index < -0.39 is 32.4 Å². The first-order chi connectivity index (χ1) is 12.3.